The third-order valence-corrected chi connectivity index (χ3v) is 21.4. The molecule has 6 heterocycles. The first-order valence-electron chi connectivity index (χ1n) is 29.9. The highest BCUT2D eigenvalue weighted by Crippen LogP contribution is 2.72. The Bertz CT molecular complexity index is 2240. The molecule has 3 saturated carbocycles. The summed E-state index contributed by atoms with van der Waals surface area (Å²) in [5.41, 5.74) is -1.04. The van der Waals surface area contributed by atoms with Gasteiger partial charge in [0.15, 0.2) is 37.2 Å². The molecule has 0 bridgehead atoms. The first-order valence-corrected chi connectivity index (χ1v) is 29.9. The number of fused-ring (bicyclic) bond motifs is 7. The Morgan fingerprint density at radius 1 is 0.595 bits per heavy atom. The molecule has 17 N–H and O–H groups in total. The van der Waals surface area contributed by atoms with Gasteiger partial charge in [-0.2, -0.15) is 0 Å². The molecule has 0 spiro atoms. The summed E-state index contributed by atoms with van der Waals surface area (Å²) in [6.45, 7) is 7.01. The number of aliphatic hydroxyl groups excluding tert-OH is 15. The Hall–Kier alpha value is -1.38. The van der Waals surface area contributed by atoms with Crippen molar-refractivity contribution in [3.8, 4) is 0 Å². The van der Waals surface area contributed by atoms with Crippen LogP contribution in [-0.2, 0) is 52.1 Å². The molecule has 9 fully saturated rings. The van der Waals surface area contributed by atoms with E-state index in [0.29, 0.717) is 44.9 Å². The minimum atomic E-state index is -1.83. The van der Waals surface area contributed by atoms with Crippen molar-refractivity contribution in [1.82, 2.24) is 0 Å². The second-order valence-electron chi connectivity index (χ2n) is 26.3. The number of hydrogen-bond acceptors (Lipinski definition) is 28. The maximum atomic E-state index is 13.2. The van der Waals surface area contributed by atoms with Crippen molar-refractivity contribution < 1.29 is 139 Å². The van der Waals surface area contributed by atoms with Crippen LogP contribution in [0.4, 0.5) is 0 Å². The highest BCUT2D eigenvalue weighted by Gasteiger charge is 2.74. The summed E-state index contributed by atoms with van der Waals surface area (Å²) in [6.07, 6.45) is -31.9. The zero-order valence-electron chi connectivity index (χ0n) is 48.0. The van der Waals surface area contributed by atoms with E-state index in [4.69, 9.17) is 52.1 Å². The standard InChI is InChI=1S/C56H92O28/c1-21(19-74-51-46(40(67)37(64)31(17-58)79-51)82-50-43(70)39(66)36(63)30(16-57)78-50)8-13-56(73)22(2)33-29(84-56)15-55(72)27-7-6-24-14-25(9-11-53(24,4)26(27)10-12-54(33,55)5)77-52-47(83-49-42(69)38(65)34(61)23(3)76-49)44(71)45(32(18-59)80-52)81-48-41(68)35(62)28(60)20-75-48/h6,21-23,25-52,57-73H,7-20H2,1-5H3/t21-,22+,23+,25+,26+,27-,28-,29+,30-,31-,32-,33+,34+,35+,36-,37-,38-,39+,40+,41-,42-,43-,44+,45-,46-,47-,48+,49+,50+,51-,52-,53+,54-,55-,56-/m1/s1. The second-order valence-corrected chi connectivity index (χ2v) is 26.3. The van der Waals surface area contributed by atoms with Crippen LogP contribution in [0.1, 0.15) is 92.4 Å². The maximum Gasteiger partial charge on any atom is 0.187 e. The first kappa shape index (κ1) is 65.6. The molecule has 6 aliphatic heterocycles. The molecule has 10 aliphatic rings. The van der Waals surface area contributed by atoms with E-state index in [1.165, 1.54) is 6.92 Å². The predicted octanol–water partition coefficient (Wildman–Crippen LogP) is -5.43. The van der Waals surface area contributed by atoms with E-state index >= 15 is 0 Å². The summed E-state index contributed by atoms with van der Waals surface area (Å²) in [6, 6.07) is 0. The highest BCUT2D eigenvalue weighted by atomic mass is 16.8. The van der Waals surface area contributed by atoms with Gasteiger partial charge < -0.3 is 139 Å². The Balaban J connectivity index is 0.779. The number of allylic oxidation sites excluding steroid dienone is 1. The summed E-state index contributed by atoms with van der Waals surface area (Å²) in [4.78, 5) is 0. The van der Waals surface area contributed by atoms with E-state index in [1.54, 1.807) is 0 Å². The van der Waals surface area contributed by atoms with E-state index in [2.05, 4.69) is 19.9 Å². The van der Waals surface area contributed by atoms with E-state index in [-0.39, 0.29) is 42.1 Å². The van der Waals surface area contributed by atoms with Gasteiger partial charge in [-0.15, -0.1) is 0 Å². The monoisotopic (exact) mass is 1210 g/mol. The van der Waals surface area contributed by atoms with Crippen LogP contribution >= 0.6 is 0 Å². The molecule has 28 nitrogen and oxygen atoms in total. The normalized spacial score (nSPS) is 55.3. The van der Waals surface area contributed by atoms with E-state index in [1.807, 2.05) is 13.8 Å². The predicted molar refractivity (Wildman–Crippen MR) is 278 cm³/mol. The molecule has 0 aromatic carbocycles. The average molecular weight is 1210 g/mol. The zero-order chi connectivity index (χ0) is 60.9. The zero-order valence-corrected chi connectivity index (χ0v) is 48.0. The molecule has 84 heavy (non-hydrogen) atoms. The van der Waals surface area contributed by atoms with Crippen LogP contribution < -0.4 is 0 Å². The number of rotatable bonds is 17. The van der Waals surface area contributed by atoms with Gasteiger partial charge in [-0.3, -0.25) is 0 Å². The molecule has 0 radical (unpaired) electrons. The van der Waals surface area contributed by atoms with Gasteiger partial charge >= 0.3 is 0 Å². The summed E-state index contributed by atoms with van der Waals surface area (Å²) in [7, 11) is 0. The molecule has 6 saturated heterocycles. The fourth-order valence-electron chi connectivity index (χ4n) is 16.1. The third kappa shape index (κ3) is 11.5. The Morgan fingerprint density at radius 3 is 1.85 bits per heavy atom. The fraction of sp³-hybridized carbons (Fsp3) is 0.964. The lowest BCUT2D eigenvalue weighted by molar-refractivity contribution is -0.385. The van der Waals surface area contributed by atoms with Gasteiger partial charge in [0.2, 0.25) is 0 Å². The van der Waals surface area contributed by atoms with E-state index in [0.717, 1.165) is 12.0 Å². The van der Waals surface area contributed by atoms with Gasteiger partial charge in [0.25, 0.3) is 0 Å². The summed E-state index contributed by atoms with van der Waals surface area (Å²) < 4.78 is 66.0. The van der Waals surface area contributed by atoms with Crippen molar-refractivity contribution >= 4 is 0 Å². The molecule has 10 rings (SSSR count). The largest absolute Gasteiger partial charge is 0.394 e. The summed E-state index contributed by atoms with van der Waals surface area (Å²) in [5, 5.41) is 184. The first-order chi connectivity index (χ1) is 39.6. The van der Waals surface area contributed by atoms with Crippen LogP contribution in [0, 0.1) is 40.4 Å². The maximum absolute atomic E-state index is 13.2. The van der Waals surface area contributed by atoms with Crippen LogP contribution in [0.15, 0.2) is 11.6 Å². The van der Waals surface area contributed by atoms with Crippen LogP contribution in [-0.4, -0.2) is 291 Å². The molecule has 484 valence electrons. The number of hydrogen-bond donors (Lipinski definition) is 17. The third-order valence-electron chi connectivity index (χ3n) is 21.4. The molecular weight excluding hydrogens is 1120 g/mol. The van der Waals surface area contributed by atoms with Gasteiger partial charge in [0, 0.05) is 30.1 Å². The smallest absolute Gasteiger partial charge is 0.187 e. The van der Waals surface area contributed by atoms with Gasteiger partial charge in [-0.1, -0.05) is 39.3 Å². The minimum Gasteiger partial charge on any atom is -0.394 e. The molecule has 0 aromatic heterocycles. The molecule has 35 atom stereocenters. The van der Waals surface area contributed by atoms with Gasteiger partial charge in [0.1, 0.15) is 110 Å². The van der Waals surface area contributed by atoms with Crippen LogP contribution in [0.2, 0.25) is 0 Å². The second kappa shape index (κ2) is 25.4. The van der Waals surface area contributed by atoms with Crippen molar-refractivity contribution in [2.24, 2.45) is 40.4 Å². The van der Waals surface area contributed by atoms with Crippen LogP contribution in [0.3, 0.4) is 0 Å². The summed E-state index contributed by atoms with van der Waals surface area (Å²) in [5.74, 6) is -2.53. The van der Waals surface area contributed by atoms with Crippen LogP contribution in [0.25, 0.3) is 0 Å². The molecular formula is C56H92O28. The lowest BCUT2D eigenvalue weighted by Crippen LogP contribution is -2.66. The Morgan fingerprint density at radius 2 is 1.18 bits per heavy atom. The van der Waals surface area contributed by atoms with Gasteiger partial charge in [-0.05, 0) is 75.0 Å². The minimum absolute atomic E-state index is 0.0341. The SMILES string of the molecule is C[C@H](CC[C@@]1(O)O[C@H]2C[C@@]3(O)[C@@H]4CC=C5C[C@@H](O[C@@H]6O[C@H](CO)[C@@H](O[C@@H]7OC[C@@H](O)[C@H](O)[C@H]7O)[C@H](O)[C@H]6O[C@@H]6O[C@@H](C)[C@H](O)[C@@H](O)[C@H]6O)CC[C@]5(C)[C@H]4CC[C@]3(C)[C@H]2[C@@H]1C)CO[C@@H]1O[C@H](CO)[C@@H](O)[C@H](O)[C@H]1O[C@@H]1O[C@H](CO)[C@@H](O)[C@H](O)[C@H]1O. The molecule has 0 unspecified atom stereocenters. The lowest BCUT2D eigenvalue weighted by atomic mass is 9.45. The van der Waals surface area contributed by atoms with Crippen molar-refractivity contribution in [3.05, 3.63) is 11.6 Å². The lowest BCUT2D eigenvalue weighted by Gasteiger charge is -2.61. The van der Waals surface area contributed by atoms with Crippen molar-refractivity contribution in [2.45, 2.75) is 263 Å². The number of aliphatic hydroxyl groups is 17. The highest BCUT2D eigenvalue weighted by molar-refractivity contribution is 5.29. The molecule has 0 aromatic rings. The summed E-state index contributed by atoms with van der Waals surface area (Å²) >= 11 is 0. The van der Waals surface area contributed by atoms with E-state index < -0.39 is 209 Å². The fourth-order valence-corrected chi connectivity index (χ4v) is 16.1. The van der Waals surface area contributed by atoms with Gasteiger partial charge in [-0.25, -0.2) is 0 Å². The van der Waals surface area contributed by atoms with Crippen molar-refractivity contribution in [3.63, 3.8) is 0 Å². The Kier molecular flexibility index (Phi) is 19.8. The molecule has 4 aliphatic carbocycles. The Labute approximate surface area is 486 Å². The average Bonchev–Trinajstić information content (AvgIpc) is 1.67. The molecule has 0 amide bonds. The van der Waals surface area contributed by atoms with Gasteiger partial charge in [0.05, 0.1) is 56.9 Å². The van der Waals surface area contributed by atoms with Crippen LogP contribution in [0.5, 0.6) is 0 Å². The van der Waals surface area contributed by atoms with Crippen molar-refractivity contribution in [2.75, 3.05) is 33.0 Å². The number of ether oxygens (including phenoxy) is 11. The van der Waals surface area contributed by atoms with E-state index in [9.17, 15) is 86.8 Å². The van der Waals surface area contributed by atoms with Crippen molar-refractivity contribution in [1.29, 1.82) is 0 Å². The quantitative estimate of drug-likeness (QED) is 0.0604. The molecule has 28 heteroatoms. The topological polar surface area (TPSA) is 445 Å².